The minimum Gasteiger partial charge on any atom is -0.340 e. The summed E-state index contributed by atoms with van der Waals surface area (Å²) in [7, 11) is 0. The maximum atomic E-state index is 12.6. The van der Waals surface area contributed by atoms with Crippen molar-refractivity contribution in [3.05, 3.63) is 60.2 Å². The van der Waals surface area contributed by atoms with E-state index in [2.05, 4.69) is 60.8 Å². The molecule has 2 aromatic carbocycles. The van der Waals surface area contributed by atoms with E-state index in [1.807, 2.05) is 11.0 Å². The summed E-state index contributed by atoms with van der Waals surface area (Å²) in [5, 5.41) is 3.39. The van der Waals surface area contributed by atoms with Gasteiger partial charge < -0.3 is 10.2 Å². The Hall–Kier alpha value is -2.13. The molecule has 3 rings (SSSR count). The van der Waals surface area contributed by atoms with Gasteiger partial charge in [-0.05, 0) is 29.5 Å². The van der Waals surface area contributed by atoms with Crippen LogP contribution in [0.3, 0.4) is 0 Å². The Balaban J connectivity index is 1.82. The monoisotopic (exact) mass is 308 g/mol. The van der Waals surface area contributed by atoms with Gasteiger partial charge in [0, 0.05) is 19.6 Å². The zero-order valence-corrected chi connectivity index (χ0v) is 13.7. The molecule has 1 N–H and O–H groups in total. The highest BCUT2D eigenvalue weighted by Crippen LogP contribution is 2.25. The molecule has 0 aliphatic carbocycles. The number of carbonyl (C=O) groups excluding carboxylic acids is 1. The van der Waals surface area contributed by atoms with Gasteiger partial charge in [0.1, 0.15) is 0 Å². The summed E-state index contributed by atoms with van der Waals surface area (Å²) in [6.45, 7) is 4.68. The normalized spacial score (nSPS) is 18.2. The maximum absolute atomic E-state index is 12.6. The zero-order chi connectivity index (χ0) is 16.1. The summed E-state index contributed by atoms with van der Waals surface area (Å²) in [6, 6.07) is 18.7. The lowest BCUT2D eigenvalue weighted by molar-refractivity contribution is -0.135. The topological polar surface area (TPSA) is 32.3 Å². The molecule has 1 saturated heterocycles. The van der Waals surface area contributed by atoms with E-state index in [1.165, 1.54) is 16.7 Å². The first-order chi connectivity index (χ1) is 11.3. The number of nitrogens with zero attached hydrogens (tertiary/aromatic N) is 1. The van der Waals surface area contributed by atoms with Crippen molar-refractivity contribution in [1.29, 1.82) is 0 Å². The number of nitrogens with one attached hydrogen (secondary N) is 1. The van der Waals surface area contributed by atoms with Crippen LogP contribution >= 0.6 is 0 Å². The first-order valence-corrected chi connectivity index (χ1v) is 8.45. The fourth-order valence-corrected chi connectivity index (χ4v) is 3.26. The van der Waals surface area contributed by atoms with Crippen LogP contribution in [0.5, 0.6) is 0 Å². The van der Waals surface area contributed by atoms with Gasteiger partial charge in [-0.25, -0.2) is 0 Å². The number of amides is 1. The molecule has 0 bridgehead atoms. The van der Waals surface area contributed by atoms with Gasteiger partial charge in [0.05, 0.1) is 6.04 Å². The molecule has 1 aliphatic rings. The fraction of sp³-hybridized carbons (Fsp3) is 0.350. The van der Waals surface area contributed by atoms with Crippen LogP contribution < -0.4 is 5.32 Å². The molecule has 23 heavy (non-hydrogen) atoms. The van der Waals surface area contributed by atoms with Gasteiger partial charge in [0.25, 0.3) is 0 Å². The lowest BCUT2D eigenvalue weighted by Crippen LogP contribution is -2.55. The van der Waals surface area contributed by atoms with Crippen LogP contribution in [0.15, 0.2) is 54.6 Å². The zero-order valence-electron chi connectivity index (χ0n) is 13.7. The van der Waals surface area contributed by atoms with Gasteiger partial charge >= 0.3 is 0 Å². The van der Waals surface area contributed by atoms with Crippen LogP contribution in [0.25, 0.3) is 11.1 Å². The molecule has 3 nitrogen and oxygen atoms in total. The molecular weight excluding hydrogens is 284 g/mol. The Morgan fingerprint density at radius 3 is 2.61 bits per heavy atom. The van der Waals surface area contributed by atoms with Crippen molar-refractivity contribution < 1.29 is 4.79 Å². The van der Waals surface area contributed by atoms with E-state index in [0.717, 1.165) is 32.5 Å². The van der Waals surface area contributed by atoms with E-state index in [4.69, 9.17) is 0 Å². The van der Waals surface area contributed by atoms with Gasteiger partial charge in [-0.3, -0.25) is 4.79 Å². The molecule has 1 aliphatic heterocycles. The van der Waals surface area contributed by atoms with Crippen LogP contribution in [-0.2, 0) is 11.2 Å². The van der Waals surface area contributed by atoms with Gasteiger partial charge in [-0.2, -0.15) is 0 Å². The highest BCUT2D eigenvalue weighted by atomic mass is 16.2. The number of piperazine rings is 1. The second-order valence-corrected chi connectivity index (χ2v) is 6.06. The van der Waals surface area contributed by atoms with Crippen molar-refractivity contribution in [1.82, 2.24) is 10.2 Å². The van der Waals surface area contributed by atoms with Gasteiger partial charge in [-0.15, -0.1) is 0 Å². The molecular formula is C20H24N2O. The average molecular weight is 308 g/mol. The molecule has 120 valence electrons. The van der Waals surface area contributed by atoms with E-state index in [9.17, 15) is 4.79 Å². The molecule has 1 fully saturated rings. The lowest BCUT2D eigenvalue weighted by atomic mass is 9.94. The summed E-state index contributed by atoms with van der Waals surface area (Å²) < 4.78 is 0. The van der Waals surface area contributed by atoms with Crippen LogP contribution in [0.1, 0.15) is 18.9 Å². The highest BCUT2D eigenvalue weighted by Gasteiger charge is 2.28. The molecule has 0 unspecified atom stereocenters. The smallest absolute Gasteiger partial charge is 0.240 e. The van der Waals surface area contributed by atoms with Crippen molar-refractivity contribution in [3.8, 4) is 11.1 Å². The number of rotatable bonds is 5. The van der Waals surface area contributed by atoms with Crippen molar-refractivity contribution in [3.63, 3.8) is 0 Å². The summed E-state index contributed by atoms with van der Waals surface area (Å²) >= 11 is 0. The Kier molecular flexibility index (Phi) is 5.09. The number of hydrogen-bond acceptors (Lipinski definition) is 2. The first-order valence-electron chi connectivity index (χ1n) is 8.45. The van der Waals surface area contributed by atoms with E-state index in [1.54, 1.807) is 0 Å². The second kappa shape index (κ2) is 7.42. The molecule has 0 saturated carbocycles. The van der Waals surface area contributed by atoms with Crippen LogP contribution in [-0.4, -0.2) is 36.5 Å². The molecule has 2 aromatic rings. The summed E-state index contributed by atoms with van der Waals surface area (Å²) in [5.41, 5.74) is 3.65. The van der Waals surface area contributed by atoms with Crippen LogP contribution in [0, 0.1) is 0 Å². The Bertz CT molecular complexity index is 652. The predicted octanol–water partition coefficient (Wildman–Crippen LogP) is 3.11. The number of hydrogen-bond donors (Lipinski definition) is 1. The van der Waals surface area contributed by atoms with E-state index >= 15 is 0 Å². The fourth-order valence-electron chi connectivity index (χ4n) is 3.26. The third-order valence-electron chi connectivity index (χ3n) is 4.40. The Morgan fingerprint density at radius 2 is 1.83 bits per heavy atom. The summed E-state index contributed by atoms with van der Waals surface area (Å²) in [6.07, 6.45) is 1.75. The Labute approximate surface area is 138 Å². The van der Waals surface area contributed by atoms with Crippen molar-refractivity contribution in [2.24, 2.45) is 0 Å². The molecule has 1 heterocycles. The molecule has 1 amide bonds. The van der Waals surface area contributed by atoms with Crippen molar-refractivity contribution in [2.75, 3.05) is 19.6 Å². The predicted molar refractivity (Wildman–Crippen MR) is 94.2 cm³/mol. The van der Waals surface area contributed by atoms with E-state index in [-0.39, 0.29) is 11.9 Å². The van der Waals surface area contributed by atoms with Crippen LogP contribution in [0.4, 0.5) is 0 Å². The van der Waals surface area contributed by atoms with Gasteiger partial charge in [0.2, 0.25) is 5.91 Å². The van der Waals surface area contributed by atoms with Gasteiger partial charge in [-0.1, -0.05) is 61.5 Å². The average Bonchev–Trinajstić information content (AvgIpc) is 2.60. The van der Waals surface area contributed by atoms with Gasteiger partial charge in [0.15, 0.2) is 0 Å². The minimum absolute atomic E-state index is 0.111. The number of benzene rings is 2. The standard InChI is InChI=1S/C20H24N2O/c1-2-13-22-14-12-21-19(20(22)23)15-17-10-6-7-11-18(17)16-8-4-3-5-9-16/h3-11,19,21H,2,12-15H2,1H3/t19-/m1/s1. The molecule has 0 aromatic heterocycles. The molecule has 0 radical (unpaired) electrons. The lowest BCUT2D eigenvalue weighted by Gasteiger charge is -2.33. The third-order valence-corrected chi connectivity index (χ3v) is 4.40. The van der Waals surface area contributed by atoms with E-state index < -0.39 is 0 Å². The Morgan fingerprint density at radius 1 is 1.09 bits per heavy atom. The first kappa shape index (κ1) is 15.8. The highest BCUT2D eigenvalue weighted by molar-refractivity contribution is 5.83. The molecule has 0 spiro atoms. The largest absolute Gasteiger partial charge is 0.340 e. The van der Waals surface area contributed by atoms with Crippen molar-refractivity contribution in [2.45, 2.75) is 25.8 Å². The maximum Gasteiger partial charge on any atom is 0.240 e. The summed E-state index contributed by atoms with van der Waals surface area (Å²) in [4.78, 5) is 14.6. The number of carbonyl (C=O) groups is 1. The minimum atomic E-state index is -0.111. The molecule has 1 atom stereocenters. The third kappa shape index (κ3) is 3.62. The van der Waals surface area contributed by atoms with Crippen molar-refractivity contribution >= 4 is 5.91 Å². The second-order valence-electron chi connectivity index (χ2n) is 6.06. The molecule has 3 heteroatoms. The van der Waals surface area contributed by atoms with Crippen LogP contribution in [0.2, 0.25) is 0 Å². The quantitative estimate of drug-likeness (QED) is 0.920. The SMILES string of the molecule is CCCN1CCN[C@H](Cc2ccccc2-c2ccccc2)C1=O. The summed E-state index contributed by atoms with van der Waals surface area (Å²) in [5.74, 6) is 0.237. The van der Waals surface area contributed by atoms with E-state index in [0.29, 0.717) is 0 Å².